The molecule has 0 aromatic heterocycles. The van der Waals surface area contributed by atoms with Gasteiger partial charge in [0.25, 0.3) is 0 Å². The first-order valence-electron chi connectivity index (χ1n) is 18.5. The summed E-state index contributed by atoms with van der Waals surface area (Å²) in [6, 6.07) is 0. The summed E-state index contributed by atoms with van der Waals surface area (Å²) in [5.74, 6) is -0.0955. The van der Waals surface area contributed by atoms with Gasteiger partial charge in [-0.25, -0.2) is 0 Å². The molecule has 0 N–H and O–H groups in total. The van der Waals surface area contributed by atoms with Crippen LogP contribution in [0.1, 0.15) is 189 Å². The third-order valence-electron chi connectivity index (χ3n) is 9.16. The Bertz CT molecular complexity index is 587. The summed E-state index contributed by atoms with van der Waals surface area (Å²) in [6.45, 7) is 17.4. The fourth-order valence-electron chi connectivity index (χ4n) is 5.07. The predicted octanol–water partition coefficient (Wildman–Crippen LogP) is 12.3. The number of carbonyl (C=O) groups is 1. The summed E-state index contributed by atoms with van der Waals surface area (Å²) < 4.78 is 18.3. The number of carbonyl (C=O) groups excluding carboxylic acids is 1. The van der Waals surface area contributed by atoms with Crippen LogP contribution in [0.15, 0.2) is 0 Å². The Labute approximate surface area is 265 Å². The lowest BCUT2D eigenvalue weighted by atomic mass is 10.0. The highest BCUT2D eigenvalue weighted by atomic mass is 28.4. The maximum Gasteiger partial charge on any atom is 0.306 e. The Morgan fingerprint density at radius 1 is 0.571 bits per heavy atom. The van der Waals surface area contributed by atoms with Crippen LogP contribution in [0.2, 0.25) is 18.1 Å². The molecule has 0 rings (SSSR count). The van der Waals surface area contributed by atoms with E-state index in [4.69, 9.17) is 13.9 Å². The Balaban J connectivity index is 4.10. The van der Waals surface area contributed by atoms with Crippen LogP contribution in [0.25, 0.3) is 0 Å². The van der Waals surface area contributed by atoms with Crippen molar-refractivity contribution in [1.29, 1.82) is 0 Å². The highest BCUT2D eigenvalue weighted by Crippen LogP contribution is 2.36. The van der Waals surface area contributed by atoms with E-state index in [0.29, 0.717) is 19.6 Å². The van der Waals surface area contributed by atoms with Crippen LogP contribution in [0, 0.1) is 0 Å². The maximum atomic E-state index is 12.6. The minimum absolute atomic E-state index is 0.0955. The van der Waals surface area contributed by atoms with Gasteiger partial charge in [0.15, 0.2) is 8.32 Å². The normalized spacial score (nSPS) is 13.0. The van der Waals surface area contributed by atoms with Crippen LogP contribution in [0.4, 0.5) is 0 Å². The quantitative estimate of drug-likeness (QED) is 0.0444. The second-order valence-corrected chi connectivity index (χ2v) is 19.2. The summed E-state index contributed by atoms with van der Waals surface area (Å²) in [7, 11) is -1.91. The summed E-state index contributed by atoms with van der Waals surface area (Å²) in [4.78, 5) is 12.6. The van der Waals surface area contributed by atoms with E-state index in [1.165, 1.54) is 128 Å². The molecule has 42 heavy (non-hydrogen) atoms. The average molecular weight is 613 g/mol. The van der Waals surface area contributed by atoms with Gasteiger partial charge < -0.3 is 13.9 Å². The first-order chi connectivity index (χ1) is 20.1. The minimum Gasteiger partial charge on any atom is -0.457 e. The topological polar surface area (TPSA) is 44.8 Å². The molecular weight excluding hydrogens is 536 g/mol. The maximum absolute atomic E-state index is 12.6. The van der Waals surface area contributed by atoms with Crippen molar-refractivity contribution in [3.63, 3.8) is 0 Å². The van der Waals surface area contributed by atoms with Gasteiger partial charge in [-0.3, -0.25) is 4.79 Å². The van der Waals surface area contributed by atoms with Crippen molar-refractivity contribution in [3.05, 3.63) is 0 Å². The van der Waals surface area contributed by atoms with Crippen LogP contribution in [0.5, 0.6) is 0 Å². The standard InChI is InChI=1S/C37H76O4Si/c1-8-10-12-14-16-18-19-20-21-22-24-26-28-30-32-39-33-35(34-40-42(6,7)37(3,4)5)41-36(38)31-29-27-25-23-17-15-13-11-9-2/h35H,8-34H2,1-7H3. The highest BCUT2D eigenvalue weighted by molar-refractivity contribution is 6.74. The molecule has 0 aliphatic carbocycles. The van der Waals surface area contributed by atoms with Gasteiger partial charge in [-0.2, -0.15) is 0 Å². The van der Waals surface area contributed by atoms with Crippen molar-refractivity contribution < 1.29 is 18.7 Å². The monoisotopic (exact) mass is 613 g/mol. The second kappa shape index (κ2) is 28.1. The smallest absolute Gasteiger partial charge is 0.306 e. The Morgan fingerprint density at radius 3 is 1.36 bits per heavy atom. The molecule has 1 atom stereocenters. The molecule has 0 aromatic carbocycles. The molecule has 0 saturated carbocycles. The molecule has 0 aliphatic heterocycles. The molecule has 1 unspecified atom stereocenters. The lowest BCUT2D eigenvalue weighted by molar-refractivity contribution is -0.154. The van der Waals surface area contributed by atoms with Gasteiger partial charge in [0.05, 0.1) is 13.2 Å². The lowest BCUT2D eigenvalue weighted by Crippen LogP contribution is -2.44. The third-order valence-corrected chi connectivity index (χ3v) is 13.7. The van der Waals surface area contributed by atoms with E-state index >= 15 is 0 Å². The second-order valence-electron chi connectivity index (χ2n) is 14.4. The summed E-state index contributed by atoms with van der Waals surface area (Å²) >= 11 is 0. The Morgan fingerprint density at radius 2 is 0.952 bits per heavy atom. The summed E-state index contributed by atoms with van der Waals surface area (Å²) in [5, 5.41) is 0.132. The number of rotatable bonds is 31. The van der Waals surface area contributed by atoms with Crippen molar-refractivity contribution in [2.75, 3.05) is 19.8 Å². The molecular formula is C37H76O4Si. The highest BCUT2D eigenvalue weighted by Gasteiger charge is 2.38. The number of unbranched alkanes of at least 4 members (excludes halogenated alkanes) is 21. The Kier molecular flexibility index (Phi) is 27.8. The van der Waals surface area contributed by atoms with E-state index in [1.54, 1.807) is 0 Å². The summed E-state index contributed by atoms with van der Waals surface area (Å²) in [5.41, 5.74) is 0. The van der Waals surface area contributed by atoms with Gasteiger partial charge in [-0.05, 0) is 31.0 Å². The lowest BCUT2D eigenvalue weighted by Gasteiger charge is -2.37. The van der Waals surface area contributed by atoms with E-state index in [-0.39, 0.29) is 17.1 Å². The SMILES string of the molecule is CCCCCCCCCCCCCCCCOCC(CO[Si](C)(C)C(C)(C)C)OC(=O)CCCCCCCCCCC. The molecule has 4 nitrogen and oxygen atoms in total. The van der Waals surface area contributed by atoms with Crippen LogP contribution >= 0.6 is 0 Å². The number of esters is 1. The van der Waals surface area contributed by atoms with Crippen LogP contribution < -0.4 is 0 Å². The van der Waals surface area contributed by atoms with E-state index in [9.17, 15) is 4.79 Å². The molecule has 0 bridgehead atoms. The third kappa shape index (κ3) is 26.0. The van der Waals surface area contributed by atoms with Gasteiger partial charge in [0, 0.05) is 13.0 Å². The zero-order chi connectivity index (χ0) is 31.4. The molecule has 5 heteroatoms. The van der Waals surface area contributed by atoms with Crippen molar-refractivity contribution in [1.82, 2.24) is 0 Å². The van der Waals surface area contributed by atoms with Gasteiger partial charge >= 0.3 is 5.97 Å². The predicted molar refractivity (Wildman–Crippen MR) is 186 cm³/mol. The first kappa shape index (κ1) is 41.6. The molecule has 252 valence electrons. The van der Waals surface area contributed by atoms with Gasteiger partial charge in [0.2, 0.25) is 0 Å². The van der Waals surface area contributed by atoms with Gasteiger partial charge in [-0.1, -0.05) is 169 Å². The van der Waals surface area contributed by atoms with E-state index in [2.05, 4.69) is 47.7 Å². The molecule has 0 saturated heterocycles. The van der Waals surface area contributed by atoms with Gasteiger partial charge in [0.1, 0.15) is 6.10 Å². The molecule has 0 fully saturated rings. The largest absolute Gasteiger partial charge is 0.457 e. The van der Waals surface area contributed by atoms with Crippen LogP contribution in [-0.4, -0.2) is 40.2 Å². The zero-order valence-corrected chi connectivity index (χ0v) is 30.8. The van der Waals surface area contributed by atoms with E-state index in [1.807, 2.05) is 0 Å². The fourth-order valence-corrected chi connectivity index (χ4v) is 6.11. The van der Waals surface area contributed by atoms with Crippen molar-refractivity contribution in [3.8, 4) is 0 Å². The summed E-state index contributed by atoms with van der Waals surface area (Å²) in [6.07, 6.45) is 30.5. The van der Waals surface area contributed by atoms with Crippen molar-refractivity contribution in [2.45, 2.75) is 213 Å². The Hall–Kier alpha value is -0.393. The number of hydrogen-bond donors (Lipinski definition) is 0. The average Bonchev–Trinajstić information content (AvgIpc) is 2.94. The van der Waals surface area contributed by atoms with Crippen molar-refractivity contribution >= 4 is 14.3 Å². The van der Waals surface area contributed by atoms with E-state index in [0.717, 1.165) is 25.9 Å². The van der Waals surface area contributed by atoms with Crippen molar-refractivity contribution in [2.24, 2.45) is 0 Å². The molecule has 0 amide bonds. The molecule has 0 radical (unpaired) electrons. The molecule has 0 heterocycles. The number of hydrogen-bond acceptors (Lipinski definition) is 4. The molecule has 0 aliphatic rings. The van der Waals surface area contributed by atoms with Crippen LogP contribution in [-0.2, 0) is 18.7 Å². The number of ether oxygens (including phenoxy) is 2. The van der Waals surface area contributed by atoms with Gasteiger partial charge in [-0.15, -0.1) is 0 Å². The molecule has 0 aromatic rings. The zero-order valence-electron chi connectivity index (χ0n) is 29.8. The van der Waals surface area contributed by atoms with Crippen LogP contribution in [0.3, 0.4) is 0 Å². The fraction of sp³-hybridized carbons (Fsp3) is 0.973. The first-order valence-corrected chi connectivity index (χ1v) is 21.5. The molecule has 0 spiro atoms. The van der Waals surface area contributed by atoms with E-state index < -0.39 is 8.32 Å². The minimum atomic E-state index is -1.91.